The van der Waals surface area contributed by atoms with Crippen molar-refractivity contribution in [2.45, 2.75) is 26.1 Å². The molecule has 1 saturated heterocycles. The Kier molecular flexibility index (Phi) is 4.82. The number of carbonyl (C=O) groups is 2. The lowest BCUT2D eigenvalue weighted by Crippen LogP contribution is -2.51. The van der Waals surface area contributed by atoms with Crippen LogP contribution in [0.5, 0.6) is 0 Å². The normalized spacial score (nSPS) is 22.6. The van der Waals surface area contributed by atoms with Gasteiger partial charge in [-0.3, -0.25) is 9.59 Å². The van der Waals surface area contributed by atoms with Crippen LogP contribution in [0.2, 0.25) is 0 Å². The van der Waals surface area contributed by atoms with Gasteiger partial charge in [-0.05, 0) is 41.9 Å². The van der Waals surface area contributed by atoms with Gasteiger partial charge in [0.2, 0.25) is 5.91 Å². The largest absolute Gasteiger partial charge is 0.444 e. The molecule has 2 amide bonds. The van der Waals surface area contributed by atoms with E-state index in [2.05, 4.69) is 21.2 Å². The molecule has 6 nitrogen and oxygen atoms in total. The predicted octanol–water partition coefficient (Wildman–Crippen LogP) is 1.41. The van der Waals surface area contributed by atoms with E-state index in [0.717, 1.165) is 0 Å². The highest BCUT2D eigenvalue weighted by Gasteiger charge is 2.26. The maximum absolute atomic E-state index is 12.0. The van der Waals surface area contributed by atoms with Crippen molar-refractivity contribution in [3.05, 3.63) is 22.6 Å². The summed E-state index contributed by atoms with van der Waals surface area (Å²) in [5, 5.41) is 2.55. The van der Waals surface area contributed by atoms with Crippen molar-refractivity contribution in [2.75, 3.05) is 19.6 Å². The van der Waals surface area contributed by atoms with E-state index in [0.29, 0.717) is 17.8 Å². The molecule has 0 radical (unpaired) electrons. The molecule has 20 heavy (non-hydrogen) atoms. The van der Waals surface area contributed by atoms with Gasteiger partial charge in [0.25, 0.3) is 5.91 Å². The topological polar surface area (TPSA) is 71.8 Å². The Morgan fingerprint density at radius 3 is 2.55 bits per heavy atom. The van der Waals surface area contributed by atoms with Gasteiger partial charge in [-0.15, -0.1) is 0 Å². The molecule has 2 unspecified atom stereocenters. The van der Waals surface area contributed by atoms with Gasteiger partial charge >= 0.3 is 0 Å². The molecule has 1 aliphatic heterocycles. The summed E-state index contributed by atoms with van der Waals surface area (Å²) < 4.78 is 11.2. The van der Waals surface area contributed by atoms with Crippen LogP contribution in [0.4, 0.5) is 0 Å². The van der Waals surface area contributed by atoms with Crippen LogP contribution in [0.3, 0.4) is 0 Å². The Labute approximate surface area is 125 Å². The minimum Gasteiger partial charge on any atom is -0.444 e. The molecular formula is C13H17BrN2O4. The predicted molar refractivity (Wildman–Crippen MR) is 75.3 cm³/mol. The quantitative estimate of drug-likeness (QED) is 0.899. The van der Waals surface area contributed by atoms with E-state index in [-0.39, 0.29) is 30.4 Å². The first kappa shape index (κ1) is 15.1. The number of hydrogen-bond acceptors (Lipinski definition) is 4. The molecule has 2 heterocycles. The van der Waals surface area contributed by atoms with E-state index < -0.39 is 5.91 Å². The molecule has 2 rings (SSSR count). The molecule has 0 spiro atoms. The van der Waals surface area contributed by atoms with E-state index in [1.54, 1.807) is 17.0 Å². The SMILES string of the molecule is CC1CN(C(=O)CNC(=O)c2ccc(Br)o2)CC(C)O1. The number of halogens is 1. The molecule has 7 heteroatoms. The van der Waals surface area contributed by atoms with Crippen LogP contribution in [-0.2, 0) is 9.53 Å². The Hall–Kier alpha value is -1.34. The molecule has 110 valence electrons. The number of rotatable bonds is 3. The third-order valence-electron chi connectivity index (χ3n) is 2.97. The molecule has 0 bridgehead atoms. The third kappa shape index (κ3) is 3.83. The summed E-state index contributed by atoms with van der Waals surface area (Å²) in [6.45, 7) is 4.90. The highest BCUT2D eigenvalue weighted by atomic mass is 79.9. The summed E-state index contributed by atoms with van der Waals surface area (Å²) in [5.41, 5.74) is 0. The number of morpholine rings is 1. The van der Waals surface area contributed by atoms with Crippen LogP contribution in [0.1, 0.15) is 24.4 Å². The Balaban J connectivity index is 1.84. The Morgan fingerprint density at radius 2 is 2.00 bits per heavy atom. The molecule has 1 aliphatic rings. The molecule has 0 aliphatic carbocycles. The maximum atomic E-state index is 12.0. The van der Waals surface area contributed by atoms with Gasteiger partial charge in [-0.1, -0.05) is 0 Å². The molecule has 1 N–H and O–H groups in total. The number of nitrogens with one attached hydrogen (secondary N) is 1. The van der Waals surface area contributed by atoms with Gasteiger partial charge in [-0.25, -0.2) is 0 Å². The fourth-order valence-corrected chi connectivity index (χ4v) is 2.48. The van der Waals surface area contributed by atoms with Crippen LogP contribution in [0.15, 0.2) is 21.2 Å². The van der Waals surface area contributed by atoms with Crippen molar-refractivity contribution < 1.29 is 18.7 Å². The lowest BCUT2D eigenvalue weighted by atomic mass is 10.2. The van der Waals surface area contributed by atoms with Crippen LogP contribution in [0, 0.1) is 0 Å². The van der Waals surface area contributed by atoms with Gasteiger partial charge < -0.3 is 19.4 Å². The van der Waals surface area contributed by atoms with E-state index in [1.165, 1.54) is 0 Å². The summed E-state index contributed by atoms with van der Waals surface area (Å²) >= 11 is 3.12. The molecule has 2 atom stereocenters. The smallest absolute Gasteiger partial charge is 0.287 e. The van der Waals surface area contributed by atoms with Crippen molar-refractivity contribution in [1.29, 1.82) is 0 Å². The molecule has 1 aromatic heterocycles. The minimum absolute atomic E-state index is 0.0134. The second-order valence-corrected chi connectivity index (χ2v) is 5.62. The summed E-state index contributed by atoms with van der Waals surface area (Å²) in [6, 6.07) is 3.17. The fraction of sp³-hybridized carbons (Fsp3) is 0.538. The van der Waals surface area contributed by atoms with E-state index in [1.807, 2.05) is 13.8 Å². The Morgan fingerprint density at radius 1 is 1.35 bits per heavy atom. The number of furan rings is 1. The first-order valence-electron chi connectivity index (χ1n) is 6.42. The molecule has 1 aromatic rings. The molecule has 0 aromatic carbocycles. The van der Waals surface area contributed by atoms with Gasteiger partial charge in [0.05, 0.1) is 18.8 Å². The molecular weight excluding hydrogens is 328 g/mol. The molecule has 1 fully saturated rings. The standard InChI is InChI=1S/C13H17BrN2O4/c1-8-6-16(7-9(2)19-8)12(17)5-15-13(18)10-3-4-11(14)20-10/h3-4,8-9H,5-7H2,1-2H3,(H,15,18). The Bertz CT molecular complexity index is 492. The van der Waals surface area contributed by atoms with Crippen molar-refractivity contribution in [1.82, 2.24) is 10.2 Å². The number of ether oxygens (including phenoxy) is 1. The summed E-state index contributed by atoms with van der Waals surface area (Å²) in [4.78, 5) is 25.5. The minimum atomic E-state index is -0.404. The summed E-state index contributed by atoms with van der Waals surface area (Å²) in [6.07, 6.45) is 0.0267. The van der Waals surface area contributed by atoms with Crippen LogP contribution >= 0.6 is 15.9 Å². The van der Waals surface area contributed by atoms with E-state index >= 15 is 0 Å². The highest BCUT2D eigenvalue weighted by Crippen LogP contribution is 2.14. The summed E-state index contributed by atoms with van der Waals surface area (Å²) in [5.74, 6) is -0.349. The number of hydrogen-bond donors (Lipinski definition) is 1. The molecule has 0 saturated carbocycles. The summed E-state index contributed by atoms with van der Waals surface area (Å²) in [7, 11) is 0. The maximum Gasteiger partial charge on any atom is 0.287 e. The lowest BCUT2D eigenvalue weighted by Gasteiger charge is -2.35. The van der Waals surface area contributed by atoms with Gasteiger partial charge in [-0.2, -0.15) is 0 Å². The van der Waals surface area contributed by atoms with E-state index in [4.69, 9.17) is 9.15 Å². The first-order valence-corrected chi connectivity index (χ1v) is 7.21. The fourth-order valence-electron chi connectivity index (χ4n) is 2.17. The monoisotopic (exact) mass is 344 g/mol. The average molecular weight is 345 g/mol. The van der Waals surface area contributed by atoms with Crippen LogP contribution in [-0.4, -0.2) is 48.6 Å². The van der Waals surface area contributed by atoms with Crippen molar-refractivity contribution in [2.24, 2.45) is 0 Å². The van der Waals surface area contributed by atoms with Crippen LogP contribution in [0.25, 0.3) is 0 Å². The zero-order chi connectivity index (χ0) is 14.7. The van der Waals surface area contributed by atoms with Gasteiger partial charge in [0.15, 0.2) is 10.4 Å². The second kappa shape index (κ2) is 6.41. The van der Waals surface area contributed by atoms with Gasteiger partial charge in [0.1, 0.15) is 0 Å². The van der Waals surface area contributed by atoms with Gasteiger partial charge in [0, 0.05) is 13.1 Å². The first-order chi connectivity index (χ1) is 9.45. The lowest BCUT2D eigenvalue weighted by molar-refractivity contribution is -0.142. The van der Waals surface area contributed by atoms with Crippen molar-refractivity contribution >= 4 is 27.7 Å². The number of nitrogens with zero attached hydrogens (tertiary/aromatic N) is 1. The van der Waals surface area contributed by atoms with E-state index in [9.17, 15) is 9.59 Å². The van der Waals surface area contributed by atoms with Crippen molar-refractivity contribution in [3.63, 3.8) is 0 Å². The van der Waals surface area contributed by atoms with Crippen LogP contribution < -0.4 is 5.32 Å². The average Bonchev–Trinajstić information content (AvgIpc) is 2.81. The zero-order valence-corrected chi connectivity index (χ0v) is 13.0. The number of amides is 2. The second-order valence-electron chi connectivity index (χ2n) is 4.84. The zero-order valence-electron chi connectivity index (χ0n) is 11.4. The highest BCUT2D eigenvalue weighted by molar-refractivity contribution is 9.10. The third-order valence-corrected chi connectivity index (χ3v) is 3.40. The number of carbonyl (C=O) groups excluding carboxylic acids is 2. The van der Waals surface area contributed by atoms with Crippen molar-refractivity contribution in [3.8, 4) is 0 Å².